The van der Waals surface area contributed by atoms with E-state index in [0.717, 1.165) is 19.4 Å². The van der Waals surface area contributed by atoms with E-state index in [1.165, 1.54) is 0 Å². The molecule has 1 aliphatic rings. The zero-order chi connectivity index (χ0) is 16.8. The number of amides is 2. The van der Waals surface area contributed by atoms with Gasteiger partial charge in [-0.1, -0.05) is 6.07 Å². The molecule has 2 amide bonds. The van der Waals surface area contributed by atoms with Crippen LogP contribution in [0.4, 0.5) is 16.4 Å². The van der Waals surface area contributed by atoms with Crippen LogP contribution in [0, 0.1) is 0 Å². The zero-order valence-corrected chi connectivity index (χ0v) is 13.6. The van der Waals surface area contributed by atoms with Gasteiger partial charge in [-0.15, -0.1) is 0 Å². The summed E-state index contributed by atoms with van der Waals surface area (Å²) in [5.74, 6) is 1.41. The van der Waals surface area contributed by atoms with Crippen LogP contribution in [0.3, 0.4) is 0 Å². The molecule has 1 unspecified atom stereocenters. The van der Waals surface area contributed by atoms with Crippen molar-refractivity contribution in [3.05, 3.63) is 42.7 Å². The number of ether oxygens (including phenoxy) is 1. The van der Waals surface area contributed by atoms with E-state index in [4.69, 9.17) is 4.74 Å². The molecule has 0 radical (unpaired) electrons. The number of methoxy groups -OCH3 is 1. The standard InChI is InChI=1S/C17H21N5O2/c1-24-15-7-2-5-13(11-15)20-17(23)21-14-6-3-10-22(12-14)16-18-8-4-9-19-16/h2,4-5,7-9,11,14H,3,6,10,12H2,1H3,(H2,20,21,23). The molecular weight excluding hydrogens is 306 g/mol. The van der Waals surface area contributed by atoms with Crippen LogP contribution < -0.4 is 20.3 Å². The van der Waals surface area contributed by atoms with Crippen LogP contribution in [0.15, 0.2) is 42.7 Å². The van der Waals surface area contributed by atoms with Crippen molar-refractivity contribution >= 4 is 17.7 Å². The summed E-state index contributed by atoms with van der Waals surface area (Å²) in [7, 11) is 1.60. The van der Waals surface area contributed by atoms with Gasteiger partial charge < -0.3 is 20.3 Å². The second kappa shape index (κ2) is 7.63. The lowest BCUT2D eigenvalue weighted by atomic mass is 10.1. The van der Waals surface area contributed by atoms with Crippen molar-refractivity contribution in [2.45, 2.75) is 18.9 Å². The number of nitrogens with one attached hydrogen (secondary N) is 2. The van der Waals surface area contributed by atoms with Gasteiger partial charge in [0.25, 0.3) is 0 Å². The van der Waals surface area contributed by atoms with Crippen LogP contribution >= 0.6 is 0 Å². The number of piperidine rings is 1. The Morgan fingerprint density at radius 3 is 2.92 bits per heavy atom. The number of urea groups is 1. The molecule has 0 aliphatic carbocycles. The molecule has 1 aromatic heterocycles. The Hall–Kier alpha value is -2.83. The second-order valence-corrected chi connectivity index (χ2v) is 5.66. The maximum atomic E-state index is 12.2. The summed E-state index contributed by atoms with van der Waals surface area (Å²) < 4.78 is 5.16. The van der Waals surface area contributed by atoms with Crippen LogP contribution in [0.5, 0.6) is 5.75 Å². The summed E-state index contributed by atoms with van der Waals surface area (Å²) in [6.45, 7) is 1.61. The molecule has 2 N–H and O–H groups in total. The molecule has 2 heterocycles. The first-order valence-electron chi connectivity index (χ1n) is 7.98. The van der Waals surface area contributed by atoms with Crippen molar-refractivity contribution in [3.63, 3.8) is 0 Å². The van der Waals surface area contributed by atoms with E-state index >= 15 is 0 Å². The molecule has 0 saturated carbocycles. The summed E-state index contributed by atoms with van der Waals surface area (Å²) in [5, 5.41) is 5.86. The Bertz CT molecular complexity index is 680. The zero-order valence-electron chi connectivity index (χ0n) is 13.6. The van der Waals surface area contributed by atoms with Crippen molar-refractivity contribution in [2.75, 3.05) is 30.4 Å². The van der Waals surface area contributed by atoms with Gasteiger partial charge in [-0.3, -0.25) is 0 Å². The molecule has 24 heavy (non-hydrogen) atoms. The maximum Gasteiger partial charge on any atom is 0.319 e. The molecule has 7 nitrogen and oxygen atoms in total. The lowest BCUT2D eigenvalue weighted by Crippen LogP contribution is -2.49. The highest BCUT2D eigenvalue weighted by atomic mass is 16.5. The molecule has 7 heteroatoms. The van der Waals surface area contributed by atoms with Crippen molar-refractivity contribution in [1.29, 1.82) is 0 Å². The molecule has 1 fully saturated rings. The van der Waals surface area contributed by atoms with Gasteiger partial charge in [0.2, 0.25) is 5.95 Å². The maximum absolute atomic E-state index is 12.2. The molecule has 2 aromatic rings. The molecule has 1 aromatic carbocycles. The first-order valence-corrected chi connectivity index (χ1v) is 7.98. The second-order valence-electron chi connectivity index (χ2n) is 5.66. The number of benzene rings is 1. The van der Waals surface area contributed by atoms with Crippen LogP contribution in [0.1, 0.15) is 12.8 Å². The minimum absolute atomic E-state index is 0.0631. The lowest BCUT2D eigenvalue weighted by Gasteiger charge is -2.33. The summed E-state index contributed by atoms with van der Waals surface area (Å²) >= 11 is 0. The van der Waals surface area contributed by atoms with Gasteiger partial charge >= 0.3 is 6.03 Å². The summed E-state index contributed by atoms with van der Waals surface area (Å²) in [6.07, 6.45) is 5.39. The molecule has 3 rings (SSSR count). The van der Waals surface area contributed by atoms with Gasteiger partial charge in [-0.25, -0.2) is 14.8 Å². The van der Waals surface area contributed by atoms with Crippen molar-refractivity contribution in [1.82, 2.24) is 15.3 Å². The lowest BCUT2D eigenvalue weighted by molar-refractivity contribution is 0.246. The Morgan fingerprint density at radius 2 is 2.12 bits per heavy atom. The topological polar surface area (TPSA) is 79.4 Å². The molecule has 0 bridgehead atoms. The van der Waals surface area contributed by atoms with Gasteiger partial charge in [0.05, 0.1) is 7.11 Å². The fraction of sp³-hybridized carbons (Fsp3) is 0.353. The summed E-state index contributed by atoms with van der Waals surface area (Å²) in [4.78, 5) is 22.9. The third kappa shape index (κ3) is 4.13. The van der Waals surface area contributed by atoms with E-state index in [1.807, 2.05) is 18.2 Å². The Balaban J connectivity index is 1.56. The molecule has 1 saturated heterocycles. The van der Waals surface area contributed by atoms with Gasteiger partial charge in [0.15, 0.2) is 0 Å². The Kier molecular flexibility index (Phi) is 5.10. The average Bonchev–Trinajstić information content (AvgIpc) is 2.63. The van der Waals surface area contributed by atoms with E-state index in [0.29, 0.717) is 23.9 Å². The minimum Gasteiger partial charge on any atom is -0.497 e. The number of carbonyl (C=O) groups excluding carboxylic acids is 1. The average molecular weight is 327 g/mol. The Labute approximate surface area is 141 Å². The Morgan fingerprint density at radius 1 is 1.29 bits per heavy atom. The quantitative estimate of drug-likeness (QED) is 0.900. The highest BCUT2D eigenvalue weighted by Gasteiger charge is 2.22. The molecular formula is C17H21N5O2. The fourth-order valence-electron chi connectivity index (χ4n) is 2.78. The van der Waals surface area contributed by atoms with Gasteiger partial charge in [-0.2, -0.15) is 0 Å². The van der Waals surface area contributed by atoms with Crippen LogP contribution in [-0.2, 0) is 0 Å². The van der Waals surface area contributed by atoms with Crippen molar-refractivity contribution < 1.29 is 9.53 Å². The first-order chi connectivity index (χ1) is 11.7. The number of hydrogen-bond acceptors (Lipinski definition) is 5. The van der Waals surface area contributed by atoms with E-state index in [9.17, 15) is 4.79 Å². The van der Waals surface area contributed by atoms with Gasteiger partial charge in [-0.05, 0) is 31.0 Å². The monoisotopic (exact) mass is 327 g/mol. The van der Waals surface area contributed by atoms with E-state index in [-0.39, 0.29) is 12.1 Å². The number of hydrogen-bond donors (Lipinski definition) is 2. The normalized spacial score (nSPS) is 17.2. The van der Waals surface area contributed by atoms with Crippen LogP contribution in [0.25, 0.3) is 0 Å². The highest BCUT2D eigenvalue weighted by Crippen LogP contribution is 2.18. The van der Waals surface area contributed by atoms with E-state index in [2.05, 4.69) is 25.5 Å². The van der Waals surface area contributed by atoms with Gasteiger partial charge in [0.1, 0.15) is 5.75 Å². The van der Waals surface area contributed by atoms with Crippen LogP contribution in [0.2, 0.25) is 0 Å². The molecule has 1 aliphatic heterocycles. The first kappa shape index (κ1) is 16.0. The van der Waals surface area contributed by atoms with Crippen molar-refractivity contribution in [2.24, 2.45) is 0 Å². The molecule has 1 atom stereocenters. The largest absolute Gasteiger partial charge is 0.497 e. The van der Waals surface area contributed by atoms with E-state index < -0.39 is 0 Å². The fourth-order valence-corrected chi connectivity index (χ4v) is 2.78. The number of anilines is 2. The molecule has 126 valence electrons. The van der Waals surface area contributed by atoms with E-state index in [1.54, 1.807) is 31.6 Å². The number of aromatic nitrogens is 2. The third-order valence-electron chi connectivity index (χ3n) is 3.92. The van der Waals surface area contributed by atoms with Gasteiger partial charge in [0, 0.05) is 43.3 Å². The smallest absolute Gasteiger partial charge is 0.319 e. The highest BCUT2D eigenvalue weighted by molar-refractivity contribution is 5.89. The third-order valence-corrected chi connectivity index (χ3v) is 3.92. The molecule has 0 spiro atoms. The van der Waals surface area contributed by atoms with Crippen molar-refractivity contribution in [3.8, 4) is 5.75 Å². The predicted molar refractivity (Wildman–Crippen MR) is 92.4 cm³/mol. The van der Waals surface area contributed by atoms with Crippen LogP contribution in [-0.4, -0.2) is 42.2 Å². The summed E-state index contributed by atoms with van der Waals surface area (Å²) in [6, 6.07) is 8.92. The SMILES string of the molecule is COc1cccc(NC(=O)NC2CCCN(c3ncccn3)C2)c1. The number of carbonyl (C=O) groups is 1. The minimum atomic E-state index is -0.218. The predicted octanol–water partition coefficient (Wildman–Crippen LogP) is 2.28. The number of rotatable bonds is 4. The summed E-state index contributed by atoms with van der Waals surface area (Å²) in [5.41, 5.74) is 0.700. The number of nitrogens with zero attached hydrogens (tertiary/aromatic N) is 3.